The number of nitrogens with one attached hydrogen (secondary N) is 1. The van der Waals surface area contributed by atoms with Crippen molar-refractivity contribution in [3.8, 4) is 0 Å². The van der Waals surface area contributed by atoms with E-state index in [1.165, 1.54) is 12.7 Å². The summed E-state index contributed by atoms with van der Waals surface area (Å²) < 4.78 is 5.16. The van der Waals surface area contributed by atoms with Crippen LogP contribution >= 0.6 is 0 Å². The van der Waals surface area contributed by atoms with Crippen LogP contribution in [0.15, 0.2) is 89.7 Å². The van der Waals surface area contributed by atoms with Crippen molar-refractivity contribution in [3.63, 3.8) is 0 Å². The van der Waals surface area contributed by atoms with Gasteiger partial charge in [-0.3, -0.25) is 0 Å². The van der Waals surface area contributed by atoms with Crippen molar-refractivity contribution in [3.05, 3.63) is 101 Å². The minimum atomic E-state index is -0.271. The molecule has 29 heavy (non-hydrogen) atoms. The Morgan fingerprint density at radius 3 is 2.34 bits per heavy atom. The predicted octanol–water partition coefficient (Wildman–Crippen LogP) is 5.49. The van der Waals surface area contributed by atoms with Gasteiger partial charge >= 0.3 is 5.97 Å². The SMILES string of the molecule is COC(=O)C1=C(NCC(C)C)C=C(/C=C/c2ccccc2)CC1c1ccccc1. The number of methoxy groups -OCH3 is 1. The highest BCUT2D eigenvalue weighted by Crippen LogP contribution is 2.38. The summed E-state index contributed by atoms with van der Waals surface area (Å²) >= 11 is 0. The molecule has 3 heteroatoms. The van der Waals surface area contributed by atoms with Gasteiger partial charge in [0, 0.05) is 18.2 Å². The van der Waals surface area contributed by atoms with Gasteiger partial charge in [0.25, 0.3) is 0 Å². The number of carbonyl (C=O) groups excluding carboxylic acids is 1. The maximum Gasteiger partial charge on any atom is 0.336 e. The highest BCUT2D eigenvalue weighted by Gasteiger charge is 2.30. The summed E-state index contributed by atoms with van der Waals surface area (Å²) in [5.74, 6) is 0.154. The molecular weight excluding hydrogens is 358 g/mol. The molecule has 3 nitrogen and oxygen atoms in total. The fraction of sp³-hybridized carbons (Fsp3) is 0.269. The molecule has 1 atom stereocenters. The van der Waals surface area contributed by atoms with Crippen molar-refractivity contribution in [2.75, 3.05) is 13.7 Å². The van der Waals surface area contributed by atoms with Crippen LogP contribution < -0.4 is 5.32 Å². The summed E-state index contributed by atoms with van der Waals surface area (Å²) in [5, 5.41) is 3.48. The molecule has 3 rings (SSSR count). The molecular formula is C26H29NO2. The standard InChI is InChI=1S/C26H29NO2/c1-19(2)18-27-24-17-21(15-14-20-10-6-4-7-11-20)16-23(25(24)26(28)29-3)22-12-8-5-9-13-22/h4-15,17,19,23,27H,16,18H2,1-3H3/b15-14+. The van der Waals surface area contributed by atoms with Crippen molar-refractivity contribution in [1.29, 1.82) is 0 Å². The maximum absolute atomic E-state index is 12.7. The number of rotatable bonds is 7. The molecule has 0 fully saturated rings. The zero-order valence-corrected chi connectivity index (χ0v) is 17.4. The maximum atomic E-state index is 12.7. The Morgan fingerprint density at radius 1 is 1.07 bits per heavy atom. The van der Waals surface area contributed by atoms with Crippen LogP contribution in [0.3, 0.4) is 0 Å². The van der Waals surface area contributed by atoms with Crippen molar-refractivity contribution in [1.82, 2.24) is 5.32 Å². The monoisotopic (exact) mass is 387 g/mol. The van der Waals surface area contributed by atoms with Gasteiger partial charge in [0.1, 0.15) is 0 Å². The molecule has 0 aliphatic heterocycles. The first-order chi connectivity index (χ1) is 14.1. The molecule has 0 spiro atoms. The zero-order valence-electron chi connectivity index (χ0n) is 17.4. The Labute approximate surface area is 173 Å². The van der Waals surface area contributed by atoms with Gasteiger partial charge < -0.3 is 10.1 Å². The average molecular weight is 388 g/mol. The van der Waals surface area contributed by atoms with Gasteiger partial charge in [-0.2, -0.15) is 0 Å². The van der Waals surface area contributed by atoms with Crippen LogP contribution in [0.5, 0.6) is 0 Å². The minimum Gasteiger partial charge on any atom is -0.466 e. The van der Waals surface area contributed by atoms with Gasteiger partial charge in [0.05, 0.1) is 12.7 Å². The molecule has 1 aliphatic rings. The molecule has 2 aromatic carbocycles. The van der Waals surface area contributed by atoms with Crippen LogP contribution in [0.25, 0.3) is 6.08 Å². The number of esters is 1. The van der Waals surface area contributed by atoms with E-state index in [0.29, 0.717) is 11.5 Å². The largest absolute Gasteiger partial charge is 0.466 e. The number of carbonyl (C=O) groups is 1. The molecule has 0 amide bonds. The Bertz CT molecular complexity index is 908. The van der Waals surface area contributed by atoms with Crippen LogP contribution in [-0.4, -0.2) is 19.6 Å². The second-order valence-electron chi connectivity index (χ2n) is 7.72. The lowest BCUT2D eigenvalue weighted by molar-refractivity contribution is -0.136. The lowest BCUT2D eigenvalue weighted by Gasteiger charge is -2.28. The molecule has 2 aromatic rings. The molecule has 0 aromatic heterocycles. The predicted molar refractivity (Wildman–Crippen MR) is 119 cm³/mol. The van der Waals surface area contributed by atoms with Crippen LogP contribution in [0, 0.1) is 5.92 Å². The fourth-order valence-corrected chi connectivity index (χ4v) is 3.52. The fourth-order valence-electron chi connectivity index (χ4n) is 3.52. The summed E-state index contributed by atoms with van der Waals surface area (Å²) in [5.41, 5.74) is 5.02. The number of benzene rings is 2. The average Bonchev–Trinajstić information content (AvgIpc) is 2.76. The second kappa shape index (κ2) is 9.92. The second-order valence-corrected chi connectivity index (χ2v) is 7.72. The summed E-state index contributed by atoms with van der Waals surface area (Å²) in [7, 11) is 1.45. The van der Waals surface area contributed by atoms with E-state index >= 15 is 0 Å². The first-order valence-corrected chi connectivity index (χ1v) is 10.1. The van der Waals surface area contributed by atoms with E-state index in [2.05, 4.69) is 61.7 Å². The van der Waals surface area contributed by atoms with Crippen LogP contribution in [0.2, 0.25) is 0 Å². The molecule has 0 saturated heterocycles. The van der Waals surface area contributed by atoms with Crippen molar-refractivity contribution >= 4 is 12.0 Å². The normalized spacial score (nSPS) is 16.8. The third kappa shape index (κ3) is 5.47. The minimum absolute atomic E-state index is 0.0428. The quantitative estimate of drug-likeness (QED) is 0.639. The summed E-state index contributed by atoms with van der Waals surface area (Å²) in [6.07, 6.45) is 7.12. The van der Waals surface area contributed by atoms with E-state index in [9.17, 15) is 4.79 Å². The topological polar surface area (TPSA) is 38.3 Å². The van der Waals surface area contributed by atoms with Crippen LogP contribution in [-0.2, 0) is 9.53 Å². The highest BCUT2D eigenvalue weighted by atomic mass is 16.5. The first-order valence-electron chi connectivity index (χ1n) is 10.1. The van der Waals surface area contributed by atoms with E-state index in [0.717, 1.165) is 29.8 Å². The van der Waals surface area contributed by atoms with Crippen LogP contribution in [0.1, 0.15) is 37.3 Å². The van der Waals surface area contributed by atoms with Gasteiger partial charge in [-0.05, 0) is 35.1 Å². The van der Waals surface area contributed by atoms with Gasteiger partial charge in [0.2, 0.25) is 0 Å². The molecule has 150 valence electrons. The van der Waals surface area contributed by atoms with Gasteiger partial charge in [-0.15, -0.1) is 0 Å². The number of hydrogen-bond donors (Lipinski definition) is 1. The smallest absolute Gasteiger partial charge is 0.336 e. The van der Waals surface area contributed by atoms with Gasteiger partial charge in [-0.25, -0.2) is 4.79 Å². The Hall–Kier alpha value is -3.07. The zero-order chi connectivity index (χ0) is 20.6. The molecule has 0 radical (unpaired) electrons. The van der Waals surface area contributed by atoms with E-state index in [-0.39, 0.29) is 11.9 Å². The Balaban J connectivity index is 2.02. The van der Waals surface area contributed by atoms with Crippen molar-refractivity contribution in [2.24, 2.45) is 5.92 Å². The van der Waals surface area contributed by atoms with E-state index < -0.39 is 0 Å². The number of hydrogen-bond acceptors (Lipinski definition) is 3. The molecule has 1 aliphatic carbocycles. The molecule has 0 bridgehead atoms. The third-order valence-corrected chi connectivity index (χ3v) is 5.01. The Kier molecular flexibility index (Phi) is 7.07. The summed E-state index contributed by atoms with van der Waals surface area (Å²) in [4.78, 5) is 12.7. The third-order valence-electron chi connectivity index (χ3n) is 5.01. The van der Waals surface area contributed by atoms with Crippen molar-refractivity contribution < 1.29 is 9.53 Å². The lowest BCUT2D eigenvalue weighted by Crippen LogP contribution is -2.27. The van der Waals surface area contributed by atoms with Gasteiger partial charge in [0.15, 0.2) is 0 Å². The van der Waals surface area contributed by atoms with Gasteiger partial charge in [-0.1, -0.05) is 86.7 Å². The molecule has 1 unspecified atom stereocenters. The van der Waals surface area contributed by atoms with E-state index in [1.54, 1.807) is 0 Å². The summed E-state index contributed by atoms with van der Waals surface area (Å²) in [6, 6.07) is 20.4. The molecule has 0 saturated carbocycles. The molecule has 1 N–H and O–H groups in total. The number of allylic oxidation sites excluding steroid dienone is 3. The summed E-state index contributed by atoms with van der Waals surface area (Å²) in [6.45, 7) is 5.11. The Morgan fingerprint density at radius 2 is 1.72 bits per heavy atom. The van der Waals surface area contributed by atoms with E-state index in [1.807, 2.05) is 36.4 Å². The van der Waals surface area contributed by atoms with Crippen LogP contribution in [0.4, 0.5) is 0 Å². The first kappa shape index (κ1) is 20.7. The van der Waals surface area contributed by atoms with E-state index in [4.69, 9.17) is 4.74 Å². The number of ether oxygens (including phenoxy) is 1. The lowest BCUT2D eigenvalue weighted by atomic mass is 9.80. The molecule has 0 heterocycles. The highest BCUT2D eigenvalue weighted by molar-refractivity contribution is 5.92. The van der Waals surface area contributed by atoms with Crippen molar-refractivity contribution in [2.45, 2.75) is 26.2 Å².